The van der Waals surface area contributed by atoms with Crippen molar-refractivity contribution in [2.45, 2.75) is 38.9 Å². The van der Waals surface area contributed by atoms with Crippen LogP contribution in [-0.4, -0.2) is 4.98 Å². The fourth-order valence-corrected chi connectivity index (χ4v) is 1.98. The van der Waals surface area contributed by atoms with Crippen LogP contribution in [0.3, 0.4) is 0 Å². The molecule has 1 atom stereocenters. The number of nitrogens with one attached hydrogen (secondary N) is 1. The molecule has 0 fully saturated rings. The largest absolute Gasteiger partial charge is 0.417 e. The number of nitrogens with two attached hydrogens (primary N) is 1. The molecular weight excluding hydrogens is 243 g/mol. The minimum atomic E-state index is -4.36. The number of alkyl halides is 3. The highest BCUT2D eigenvalue weighted by Gasteiger charge is 2.31. The quantitative estimate of drug-likeness (QED) is 0.632. The Labute approximate surface area is 105 Å². The van der Waals surface area contributed by atoms with Crippen molar-refractivity contribution in [3.63, 3.8) is 0 Å². The summed E-state index contributed by atoms with van der Waals surface area (Å²) in [5.41, 5.74) is 2.43. The van der Waals surface area contributed by atoms with E-state index >= 15 is 0 Å². The van der Waals surface area contributed by atoms with Crippen LogP contribution in [0.1, 0.15) is 44.0 Å². The van der Waals surface area contributed by atoms with Crippen LogP contribution < -0.4 is 11.3 Å². The van der Waals surface area contributed by atoms with Crippen molar-refractivity contribution in [3.8, 4) is 0 Å². The van der Waals surface area contributed by atoms with Gasteiger partial charge >= 0.3 is 6.18 Å². The lowest BCUT2D eigenvalue weighted by molar-refractivity contribution is -0.137. The van der Waals surface area contributed by atoms with Gasteiger partial charge in [-0.15, -0.1) is 0 Å². The minimum Gasteiger partial charge on any atom is -0.271 e. The van der Waals surface area contributed by atoms with E-state index in [-0.39, 0.29) is 12.0 Å². The van der Waals surface area contributed by atoms with E-state index in [1.807, 2.05) is 13.8 Å². The second-order valence-corrected chi connectivity index (χ2v) is 4.19. The molecule has 0 aliphatic heterocycles. The smallest absolute Gasteiger partial charge is 0.271 e. The zero-order chi connectivity index (χ0) is 13.8. The Hall–Kier alpha value is -1.14. The second kappa shape index (κ2) is 6.15. The van der Waals surface area contributed by atoms with Crippen LogP contribution in [0.25, 0.3) is 0 Å². The maximum Gasteiger partial charge on any atom is 0.417 e. The van der Waals surface area contributed by atoms with E-state index in [0.29, 0.717) is 5.69 Å². The molecule has 0 bridgehead atoms. The number of hydrogen-bond donors (Lipinski definition) is 2. The summed E-state index contributed by atoms with van der Waals surface area (Å²) in [7, 11) is 0. The highest BCUT2D eigenvalue weighted by molar-refractivity contribution is 5.19. The van der Waals surface area contributed by atoms with Crippen molar-refractivity contribution in [3.05, 3.63) is 29.6 Å². The molecule has 1 unspecified atom stereocenters. The number of aromatic nitrogens is 1. The molecule has 0 aromatic carbocycles. The van der Waals surface area contributed by atoms with Gasteiger partial charge in [0.2, 0.25) is 0 Å². The van der Waals surface area contributed by atoms with Gasteiger partial charge in [-0.25, -0.2) is 0 Å². The molecule has 18 heavy (non-hydrogen) atoms. The van der Waals surface area contributed by atoms with E-state index in [9.17, 15) is 13.2 Å². The molecule has 3 N–H and O–H groups in total. The van der Waals surface area contributed by atoms with Crippen molar-refractivity contribution >= 4 is 0 Å². The fourth-order valence-electron chi connectivity index (χ4n) is 1.98. The molecule has 0 spiro atoms. The average Bonchev–Trinajstić information content (AvgIpc) is 2.35. The van der Waals surface area contributed by atoms with E-state index < -0.39 is 11.7 Å². The van der Waals surface area contributed by atoms with Gasteiger partial charge in [0.15, 0.2) is 0 Å². The molecule has 0 aliphatic carbocycles. The number of hydrazine groups is 1. The molecule has 0 amide bonds. The van der Waals surface area contributed by atoms with E-state index in [1.165, 1.54) is 6.07 Å². The number of pyridine rings is 1. The van der Waals surface area contributed by atoms with Crippen LogP contribution in [0, 0.1) is 5.92 Å². The predicted octanol–water partition coefficient (Wildman–Crippen LogP) is 3.04. The van der Waals surface area contributed by atoms with E-state index in [0.717, 1.165) is 25.1 Å². The van der Waals surface area contributed by atoms with Gasteiger partial charge in [-0.1, -0.05) is 26.7 Å². The summed E-state index contributed by atoms with van der Waals surface area (Å²) in [6.07, 6.45) is -1.74. The molecule has 1 heterocycles. The Bertz CT molecular complexity index is 358. The number of hydrogen-bond acceptors (Lipinski definition) is 3. The second-order valence-electron chi connectivity index (χ2n) is 4.19. The summed E-state index contributed by atoms with van der Waals surface area (Å²) in [5.74, 6) is 5.72. The van der Waals surface area contributed by atoms with Crippen molar-refractivity contribution in [2.24, 2.45) is 11.8 Å². The summed E-state index contributed by atoms with van der Waals surface area (Å²) in [6, 6.07) is 2.20. The maximum absolute atomic E-state index is 12.4. The molecule has 0 radical (unpaired) electrons. The summed E-state index contributed by atoms with van der Waals surface area (Å²) >= 11 is 0. The summed E-state index contributed by atoms with van der Waals surface area (Å²) < 4.78 is 37.2. The Morgan fingerprint density at radius 2 is 1.89 bits per heavy atom. The first-order valence-corrected chi connectivity index (χ1v) is 5.93. The van der Waals surface area contributed by atoms with Crippen molar-refractivity contribution in [1.29, 1.82) is 0 Å². The molecule has 1 rings (SSSR count). The first-order chi connectivity index (χ1) is 8.43. The molecule has 1 aromatic rings. The molecular formula is C12H18F3N3. The molecule has 3 nitrogen and oxygen atoms in total. The number of rotatable bonds is 5. The van der Waals surface area contributed by atoms with Crippen molar-refractivity contribution in [1.82, 2.24) is 10.4 Å². The SMILES string of the molecule is CCC(CC)C(NN)c1ccc(C(F)(F)F)cn1. The normalized spacial score (nSPS) is 13.9. The molecule has 6 heteroatoms. The summed E-state index contributed by atoms with van der Waals surface area (Å²) in [5, 5.41) is 0. The van der Waals surface area contributed by atoms with Crippen molar-refractivity contribution in [2.75, 3.05) is 0 Å². The van der Waals surface area contributed by atoms with Crippen LogP contribution in [0.4, 0.5) is 13.2 Å². The topological polar surface area (TPSA) is 50.9 Å². The van der Waals surface area contributed by atoms with Crippen LogP contribution in [0.5, 0.6) is 0 Å². The lowest BCUT2D eigenvalue weighted by atomic mass is 9.92. The van der Waals surface area contributed by atoms with Gasteiger partial charge in [0, 0.05) is 6.20 Å². The van der Waals surface area contributed by atoms with Gasteiger partial charge in [0.05, 0.1) is 17.3 Å². The molecule has 102 valence electrons. The van der Waals surface area contributed by atoms with Crippen LogP contribution >= 0.6 is 0 Å². The molecule has 1 aromatic heterocycles. The first kappa shape index (κ1) is 14.9. The third-order valence-electron chi connectivity index (χ3n) is 3.13. The average molecular weight is 261 g/mol. The molecule has 0 saturated carbocycles. The van der Waals surface area contributed by atoms with E-state index in [1.54, 1.807) is 0 Å². The highest BCUT2D eigenvalue weighted by Crippen LogP contribution is 2.30. The van der Waals surface area contributed by atoms with Gasteiger partial charge in [0.1, 0.15) is 0 Å². The van der Waals surface area contributed by atoms with E-state index in [4.69, 9.17) is 5.84 Å². The van der Waals surface area contributed by atoms with Gasteiger partial charge in [-0.05, 0) is 18.1 Å². The monoisotopic (exact) mass is 261 g/mol. The maximum atomic E-state index is 12.4. The Morgan fingerprint density at radius 1 is 1.28 bits per heavy atom. The zero-order valence-electron chi connectivity index (χ0n) is 10.5. The van der Waals surface area contributed by atoms with Gasteiger partial charge < -0.3 is 0 Å². The Morgan fingerprint density at radius 3 is 2.22 bits per heavy atom. The van der Waals surface area contributed by atoms with Crippen LogP contribution in [0.2, 0.25) is 0 Å². The van der Waals surface area contributed by atoms with Gasteiger partial charge in [-0.2, -0.15) is 13.2 Å². The third kappa shape index (κ3) is 3.43. The zero-order valence-corrected chi connectivity index (χ0v) is 10.5. The van der Waals surface area contributed by atoms with E-state index in [2.05, 4.69) is 10.4 Å². The summed E-state index contributed by atoms with van der Waals surface area (Å²) in [6.45, 7) is 4.03. The lowest BCUT2D eigenvalue weighted by Gasteiger charge is -2.24. The summed E-state index contributed by atoms with van der Waals surface area (Å²) in [4.78, 5) is 3.87. The fraction of sp³-hybridized carbons (Fsp3) is 0.583. The molecule has 0 aliphatic rings. The number of nitrogens with zero attached hydrogens (tertiary/aromatic N) is 1. The predicted molar refractivity (Wildman–Crippen MR) is 63.4 cm³/mol. The standard InChI is InChI=1S/C12H18F3N3/c1-3-8(4-2)11(18-16)10-6-5-9(7-17-10)12(13,14)15/h5-8,11,18H,3-4,16H2,1-2H3. The third-order valence-corrected chi connectivity index (χ3v) is 3.13. The van der Waals surface area contributed by atoms with Crippen LogP contribution in [-0.2, 0) is 6.18 Å². The molecule has 0 saturated heterocycles. The van der Waals surface area contributed by atoms with Crippen LogP contribution in [0.15, 0.2) is 18.3 Å². The Balaban J connectivity index is 2.95. The van der Waals surface area contributed by atoms with Gasteiger partial charge in [-0.3, -0.25) is 16.3 Å². The minimum absolute atomic E-state index is 0.220. The highest BCUT2D eigenvalue weighted by atomic mass is 19.4. The first-order valence-electron chi connectivity index (χ1n) is 5.93. The Kier molecular flexibility index (Phi) is 5.10. The number of halogens is 3. The van der Waals surface area contributed by atoms with Gasteiger partial charge in [0.25, 0.3) is 0 Å². The lowest BCUT2D eigenvalue weighted by Crippen LogP contribution is -2.34. The van der Waals surface area contributed by atoms with Crippen molar-refractivity contribution < 1.29 is 13.2 Å².